The summed E-state index contributed by atoms with van der Waals surface area (Å²) in [5.74, 6) is 0.194. The third kappa shape index (κ3) is 3.33. The molecule has 0 amide bonds. The molecule has 0 aliphatic carbocycles. The quantitative estimate of drug-likeness (QED) is 0.881. The Morgan fingerprint density at radius 2 is 1.79 bits per heavy atom. The number of halogens is 2. The summed E-state index contributed by atoms with van der Waals surface area (Å²) >= 11 is 12.3. The van der Waals surface area contributed by atoms with E-state index in [0.717, 1.165) is 11.1 Å². The van der Waals surface area contributed by atoms with E-state index in [4.69, 9.17) is 23.2 Å². The van der Waals surface area contributed by atoms with Gasteiger partial charge in [0, 0.05) is 34.5 Å². The van der Waals surface area contributed by atoms with Crippen molar-refractivity contribution in [1.82, 2.24) is 4.57 Å². The molecule has 0 aliphatic heterocycles. The molecule has 0 radical (unpaired) electrons. The molecule has 2 rings (SSSR count). The molecule has 19 heavy (non-hydrogen) atoms. The zero-order valence-electron chi connectivity index (χ0n) is 11.0. The summed E-state index contributed by atoms with van der Waals surface area (Å²) in [6.45, 7) is 4.59. The molecule has 0 fully saturated rings. The molecule has 2 nitrogen and oxygen atoms in total. The molecule has 1 heterocycles. The fraction of sp³-hybridized carbons (Fsp3) is 0.333. The summed E-state index contributed by atoms with van der Waals surface area (Å²) in [5.41, 5.74) is 1.81. The maximum absolute atomic E-state index is 10.0. The lowest BCUT2D eigenvalue weighted by Gasteiger charge is -2.12. The molecule has 1 atom stereocenters. The van der Waals surface area contributed by atoms with Crippen LogP contribution in [0.25, 0.3) is 0 Å². The summed E-state index contributed by atoms with van der Waals surface area (Å²) in [6, 6.07) is 7.42. The van der Waals surface area contributed by atoms with Gasteiger partial charge in [0.2, 0.25) is 0 Å². The van der Waals surface area contributed by atoms with E-state index in [1.165, 1.54) is 0 Å². The second-order valence-corrected chi connectivity index (χ2v) is 5.82. The minimum Gasteiger partial charge on any atom is -0.388 e. The number of rotatable bonds is 4. The van der Waals surface area contributed by atoms with Gasteiger partial charge < -0.3 is 9.67 Å². The maximum atomic E-state index is 10.0. The van der Waals surface area contributed by atoms with E-state index >= 15 is 0 Å². The van der Waals surface area contributed by atoms with Crippen LogP contribution in [0.15, 0.2) is 36.7 Å². The average Bonchev–Trinajstić information content (AvgIpc) is 2.81. The minimum absolute atomic E-state index is 0.194. The van der Waals surface area contributed by atoms with Gasteiger partial charge in [0.15, 0.2) is 0 Å². The highest BCUT2D eigenvalue weighted by Crippen LogP contribution is 2.26. The Labute approximate surface area is 123 Å². The van der Waals surface area contributed by atoms with Crippen molar-refractivity contribution >= 4 is 23.2 Å². The number of benzene rings is 1. The van der Waals surface area contributed by atoms with E-state index in [1.807, 2.05) is 55.1 Å². The molecule has 2 aromatic rings. The van der Waals surface area contributed by atoms with Crippen LogP contribution in [0.5, 0.6) is 0 Å². The molecule has 0 aliphatic rings. The Hall–Kier alpha value is -0.960. The monoisotopic (exact) mass is 297 g/mol. The highest BCUT2D eigenvalue weighted by atomic mass is 35.5. The summed E-state index contributed by atoms with van der Waals surface area (Å²) in [5, 5.41) is 11.3. The molecule has 102 valence electrons. The molecule has 4 heteroatoms. The van der Waals surface area contributed by atoms with E-state index in [9.17, 15) is 5.11 Å². The van der Waals surface area contributed by atoms with E-state index < -0.39 is 6.10 Å². The Morgan fingerprint density at radius 3 is 2.37 bits per heavy atom. The van der Waals surface area contributed by atoms with Gasteiger partial charge >= 0.3 is 0 Å². The molecule has 1 N–H and O–H groups in total. The smallest absolute Gasteiger partial charge is 0.0827 e. The summed E-state index contributed by atoms with van der Waals surface area (Å²) in [7, 11) is 0. The standard InChI is InChI=1S/C15H17Cl2NO/c1-10(2)15(19)11-6-7-18(8-11)9-12-13(16)4-3-5-14(12)17/h3-8,10,15,19H,9H2,1-2H3. The lowest BCUT2D eigenvalue weighted by molar-refractivity contribution is 0.127. The van der Waals surface area contributed by atoms with Crippen LogP contribution in [-0.2, 0) is 6.54 Å². The van der Waals surface area contributed by atoms with E-state index in [-0.39, 0.29) is 5.92 Å². The highest BCUT2D eigenvalue weighted by molar-refractivity contribution is 6.35. The first kappa shape index (κ1) is 14.4. The number of aliphatic hydroxyl groups excluding tert-OH is 1. The Morgan fingerprint density at radius 1 is 1.16 bits per heavy atom. The van der Waals surface area contributed by atoms with Crippen molar-refractivity contribution in [3.8, 4) is 0 Å². The Balaban J connectivity index is 2.21. The van der Waals surface area contributed by atoms with Crippen molar-refractivity contribution in [2.45, 2.75) is 26.5 Å². The fourth-order valence-electron chi connectivity index (χ4n) is 1.98. The van der Waals surface area contributed by atoms with E-state index in [0.29, 0.717) is 16.6 Å². The zero-order valence-corrected chi connectivity index (χ0v) is 12.5. The van der Waals surface area contributed by atoms with Crippen LogP contribution in [0.3, 0.4) is 0 Å². The predicted octanol–water partition coefficient (Wildman–Crippen LogP) is 4.53. The largest absolute Gasteiger partial charge is 0.388 e. The van der Waals surface area contributed by atoms with Crippen LogP contribution in [0.4, 0.5) is 0 Å². The number of aliphatic hydroxyl groups is 1. The normalized spacial score (nSPS) is 12.9. The number of hydrogen-bond donors (Lipinski definition) is 1. The molecule has 0 bridgehead atoms. The molecule has 1 aromatic heterocycles. The van der Waals surface area contributed by atoms with Crippen molar-refractivity contribution < 1.29 is 5.11 Å². The van der Waals surface area contributed by atoms with Crippen molar-refractivity contribution in [3.05, 3.63) is 57.8 Å². The number of aromatic nitrogens is 1. The molecular weight excluding hydrogens is 281 g/mol. The topological polar surface area (TPSA) is 25.2 Å². The second kappa shape index (κ2) is 6.00. The highest BCUT2D eigenvalue weighted by Gasteiger charge is 2.13. The SMILES string of the molecule is CC(C)C(O)c1ccn(Cc2c(Cl)cccc2Cl)c1. The van der Waals surface area contributed by atoms with Crippen LogP contribution in [-0.4, -0.2) is 9.67 Å². The van der Waals surface area contributed by atoms with Gasteiger partial charge in [0.05, 0.1) is 6.10 Å². The third-order valence-corrected chi connectivity index (χ3v) is 3.86. The van der Waals surface area contributed by atoms with Crippen molar-refractivity contribution in [2.75, 3.05) is 0 Å². The lowest BCUT2D eigenvalue weighted by atomic mass is 10.0. The van der Waals surface area contributed by atoms with Crippen LogP contribution < -0.4 is 0 Å². The van der Waals surface area contributed by atoms with E-state index in [2.05, 4.69) is 0 Å². The van der Waals surface area contributed by atoms with Gasteiger partial charge in [-0.1, -0.05) is 43.1 Å². The average molecular weight is 298 g/mol. The molecule has 0 saturated carbocycles. The third-order valence-electron chi connectivity index (χ3n) is 3.15. The second-order valence-electron chi connectivity index (χ2n) is 5.01. The molecule has 0 spiro atoms. The minimum atomic E-state index is -0.442. The van der Waals surface area contributed by atoms with Gasteiger partial charge in [-0.15, -0.1) is 0 Å². The molecule has 1 unspecified atom stereocenters. The Kier molecular flexibility index (Phi) is 4.56. The first-order valence-electron chi connectivity index (χ1n) is 6.25. The van der Waals surface area contributed by atoms with Gasteiger partial charge in [-0.25, -0.2) is 0 Å². The van der Waals surface area contributed by atoms with E-state index in [1.54, 1.807) is 0 Å². The van der Waals surface area contributed by atoms with Gasteiger partial charge in [-0.3, -0.25) is 0 Å². The van der Waals surface area contributed by atoms with Crippen molar-refractivity contribution in [1.29, 1.82) is 0 Å². The van der Waals surface area contributed by atoms with Gasteiger partial charge in [0.1, 0.15) is 0 Å². The first-order chi connectivity index (χ1) is 8.99. The van der Waals surface area contributed by atoms with Gasteiger partial charge in [0.25, 0.3) is 0 Å². The first-order valence-corrected chi connectivity index (χ1v) is 7.01. The zero-order chi connectivity index (χ0) is 14.0. The summed E-state index contributed by atoms with van der Waals surface area (Å²) in [4.78, 5) is 0. The van der Waals surface area contributed by atoms with Crippen LogP contribution in [0.1, 0.15) is 31.1 Å². The van der Waals surface area contributed by atoms with Gasteiger partial charge in [-0.05, 0) is 29.7 Å². The molecular formula is C15H17Cl2NO. The lowest BCUT2D eigenvalue weighted by Crippen LogP contribution is -2.04. The Bertz CT molecular complexity index is 543. The number of hydrogen-bond acceptors (Lipinski definition) is 1. The molecule has 1 aromatic carbocycles. The summed E-state index contributed by atoms with van der Waals surface area (Å²) in [6.07, 6.45) is 3.42. The van der Waals surface area contributed by atoms with Crippen LogP contribution >= 0.6 is 23.2 Å². The van der Waals surface area contributed by atoms with Crippen LogP contribution in [0, 0.1) is 5.92 Å². The number of nitrogens with zero attached hydrogens (tertiary/aromatic N) is 1. The molecule has 0 saturated heterocycles. The van der Waals surface area contributed by atoms with Gasteiger partial charge in [-0.2, -0.15) is 0 Å². The summed E-state index contributed by atoms with van der Waals surface area (Å²) < 4.78 is 1.98. The van der Waals surface area contributed by atoms with Crippen molar-refractivity contribution in [2.24, 2.45) is 5.92 Å². The van der Waals surface area contributed by atoms with Crippen molar-refractivity contribution in [3.63, 3.8) is 0 Å². The predicted molar refractivity (Wildman–Crippen MR) is 79.8 cm³/mol. The fourth-order valence-corrected chi connectivity index (χ4v) is 2.50. The maximum Gasteiger partial charge on any atom is 0.0827 e. The van der Waals surface area contributed by atoms with Crippen LogP contribution in [0.2, 0.25) is 10.0 Å².